The lowest BCUT2D eigenvalue weighted by atomic mass is 9.89. The molecule has 1 aliphatic heterocycles. The number of carbonyl (C=O) groups is 1. The van der Waals surface area contributed by atoms with Crippen LogP contribution in [0.5, 0.6) is 0 Å². The average molecular weight is 268 g/mol. The van der Waals surface area contributed by atoms with Crippen molar-refractivity contribution in [3.8, 4) is 0 Å². The van der Waals surface area contributed by atoms with E-state index >= 15 is 0 Å². The monoisotopic (exact) mass is 268 g/mol. The van der Waals surface area contributed by atoms with Gasteiger partial charge >= 0.3 is 5.97 Å². The number of carboxylic acid groups (broad SMARTS) is 1. The summed E-state index contributed by atoms with van der Waals surface area (Å²) in [5, 5.41) is 9.13. The number of hydrogen-bond acceptors (Lipinski definition) is 3. The van der Waals surface area contributed by atoms with Gasteiger partial charge in [0.1, 0.15) is 0 Å². The van der Waals surface area contributed by atoms with E-state index in [0.29, 0.717) is 0 Å². The number of piperazine rings is 1. The highest BCUT2D eigenvalue weighted by Gasteiger charge is 2.29. The van der Waals surface area contributed by atoms with Crippen LogP contribution < -0.4 is 0 Å². The van der Waals surface area contributed by atoms with Crippen LogP contribution in [0, 0.1) is 5.41 Å². The zero-order chi connectivity index (χ0) is 13.9. The maximum absolute atomic E-state index is 11.1. The van der Waals surface area contributed by atoms with Crippen LogP contribution in [-0.4, -0.2) is 59.6 Å². The number of carboxylic acids is 1. The van der Waals surface area contributed by atoms with E-state index in [9.17, 15) is 4.79 Å². The van der Waals surface area contributed by atoms with Gasteiger partial charge in [0.05, 0.1) is 5.41 Å². The second kappa shape index (κ2) is 6.23. The quantitative estimate of drug-likeness (QED) is 0.829. The molecule has 4 heteroatoms. The summed E-state index contributed by atoms with van der Waals surface area (Å²) in [4.78, 5) is 16.2. The number of nitrogens with zero attached hydrogens (tertiary/aromatic N) is 2. The van der Waals surface area contributed by atoms with Crippen molar-refractivity contribution in [3.05, 3.63) is 0 Å². The van der Waals surface area contributed by atoms with Crippen molar-refractivity contribution >= 4 is 5.97 Å². The highest BCUT2D eigenvalue weighted by Crippen LogP contribution is 2.25. The normalized spacial score (nSPS) is 23.9. The summed E-state index contributed by atoms with van der Waals surface area (Å²) in [6.07, 6.45) is 6.30. The summed E-state index contributed by atoms with van der Waals surface area (Å²) in [6, 6.07) is 0.831. The zero-order valence-corrected chi connectivity index (χ0v) is 12.4. The third kappa shape index (κ3) is 3.93. The van der Waals surface area contributed by atoms with Crippen LogP contribution in [0.1, 0.15) is 46.0 Å². The van der Waals surface area contributed by atoms with Crippen LogP contribution in [0.3, 0.4) is 0 Å². The number of rotatable bonds is 5. The first-order valence-corrected chi connectivity index (χ1v) is 7.69. The first-order chi connectivity index (χ1) is 8.99. The summed E-state index contributed by atoms with van der Waals surface area (Å²) in [7, 11) is 0. The van der Waals surface area contributed by atoms with Crippen molar-refractivity contribution in [1.82, 2.24) is 9.80 Å². The topological polar surface area (TPSA) is 43.8 Å². The Morgan fingerprint density at radius 3 is 2.26 bits per heavy atom. The zero-order valence-electron chi connectivity index (χ0n) is 12.4. The highest BCUT2D eigenvalue weighted by atomic mass is 16.4. The molecule has 0 atom stereocenters. The lowest BCUT2D eigenvalue weighted by Gasteiger charge is -2.38. The predicted molar refractivity (Wildman–Crippen MR) is 76.3 cm³/mol. The minimum absolute atomic E-state index is 0.595. The summed E-state index contributed by atoms with van der Waals surface area (Å²) in [6.45, 7) is 9.10. The Bertz CT molecular complexity index is 303. The molecule has 1 heterocycles. The van der Waals surface area contributed by atoms with E-state index in [1.165, 1.54) is 25.7 Å². The van der Waals surface area contributed by atoms with Gasteiger partial charge in [-0.1, -0.05) is 12.8 Å². The fourth-order valence-corrected chi connectivity index (χ4v) is 3.17. The maximum atomic E-state index is 11.1. The van der Waals surface area contributed by atoms with Crippen LogP contribution in [0.4, 0.5) is 0 Å². The van der Waals surface area contributed by atoms with Gasteiger partial charge in [-0.3, -0.25) is 9.69 Å². The molecule has 1 aliphatic carbocycles. The van der Waals surface area contributed by atoms with E-state index in [4.69, 9.17) is 5.11 Å². The Morgan fingerprint density at radius 1 is 1.16 bits per heavy atom. The molecular weight excluding hydrogens is 240 g/mol. The lowest BCUT2D eigenvalue weighted by Crippen LogP contribution is -2.50. The fraction of sp³-hybridized carbons (Fsp3) is 0.933. The molecule has 0 aromatic carbocycles. The van der Waals surface area contributed by atoms with Crippen LogP contribution in [0.25, 0.3) is 0 Å². The third-order valence-corrected chi connectivity index (χ3v) is 4.88. The Morgan fingerprint density at radius 2 is 1.74 bits per heavy atom. The van der Waals surface area contributed by atoms with Crippen LogP contribution >= 0.6 is 0 Å². The highest BCUT2D eigenvalue weighted by molar-refractivity contribution is 5.73. The Kier molecular flexibility index (Phi) is 4.85. The van der Waals surface area contributed by atoms with Crippen molar-refractivity contribution in [3.63, 3.8) is 0 Å². The molecule has 0 aromatic heterocycles. The Balaban J connectivity index is 1.70. The van der Waals surface area contributed by atoms with Gasteiger partial charge in [0.2, 0.25) is 0 Å². The molecule has 0 spiro atoms. The average Bonchev–Trinajstić information content (AvgIpc) is 2.91. The molecule has 2 rings (SSSR count). The minimum Gasteiger partial charge on any atom is -0.481 e. The van der Waals surface area contributed by atoms with E-state index in [2.05, 4.69) is 9.80 Å². The van der Waals surface area contributed by atoms with E-state index in [0.717, 1.165) is 45.2 Å². The third-order valence-electron chi connectivity index (χ3n) is 4.88. The van der Waals surface area contributed by atoms with Crippen molar-refractivity contribution in [2.45, 2.75) is 52.0 Å². The predicted octanol–water partition coefficient (Wildman–Crippen LogP) is 2.05. The van der Waals surface area contributed by atoms with Gasteiger partial charge in [-0.25, -0.2) is 0 Å². The van der Waals surface area contributed by atoms with Crippen molar-refractivity contribution in [1.29, 1.82) is 0 Å². The van der Waals surface area contributed by atoms with Gasteiger partial charge in [0.15, 0.2) is 0 Å². The molecule has 0 bridgehead atoms. The summed E-state index contributed by atoms with van der Waals surface area (Å²) >= 11 is 0. The summed E-state index contributed by atoms with van der Waals surface area (Å²) in [5.41, 5.74) is -0.595. The molecule has 0 aromatic rings. The molecule has 2 fully saturated rings. The van der Waals surface area contributed by atoms with E-state index in [1.54, 1.807) is 0 Å². The standard InChI is InChI=1S/C15H28N2O2/c1-15(2,14(18)19)7-8-16-9-11-17(12-10-16)13-5-3-4-6-13/h13H,3-12H2,1-2H3,(H,18,19). The number of hydrogen-bond donors (Lipinski definition) is 1. The van der Waals surface area contributed by atoms with Gasteiger partial charge in [0.25, 0.3) is 0 Å². The van der Waals surface area contributed by atoms with Gasteiger partial charge in [-0.15, -0.1) is 0 Å². The van der Waals surface area contributed by atoms with E-state index in [-0.39, 0.29) is 0 Å². The molecule has 0 amide bonds. The maximum Gasteiger partial charge on any atom is 0.309 e. The molecule has 1 saturated carbocycles. The second-order valence-corrected chi connectivity index (χ2v) is 6.75. The fourth-order valence-electron chi connectivity index (χ4n) is 3.17. The summed E-state index contributed by atoms with van der Waals surface area (Å²) < 4.78 is 0. The smallest absolute Gasteiger partial charge is 0.309 e. The molecule has 0 radical (unpaired) electrons. The van der Waals surface area contributed by atoms with Crippen molar-refractivity contribution in [2.24, 2.45) is 5.41 Å². The SMILES string of the molecule is CC(C)(CCN1CCN(C2CCCC2)CC1)C(=O)O. The van der Waals surface area contributed by atoms with Crippen LogP contribution in [-0.2, 0) is 4.79 Å². The molecule has 1 saturated heterocycles. The van der Waals surface area contributed by atoms with Crippen LogP contribution in [0.2, 0.25) is 0 Å². The first-order valence-electron chi connectivity index (χ1n) is 7.69. The Labute approximate surface area is 116 Å². The minimum atomic E-state index is -0.683. The second-order valence-electron chi connectivity index (χ2n) is 6.75. The lowest BCUT2D eigenvalue weighted by molar-refractivity contribution is -0.147. The largest absolute Gasteiger partial charge is 0.481 e. The van der Waals surface area contributed by atoms with E-state index < -0.39 is 11.4 Å². The molecule has 19 heavy (non-hydrogen) atoms. The molecule has 2 aliphatic rings. The first kappa shape index (κ1) is 14.8. The molecule has 4 nitrogen and oxygen atoms in total. The van der Waals surface area contributed by atoms with Crippen LogP contribution in [0.15, 0.2) is 0 Å². The molecule has 110 valence electrons. The van der Waals surface area contributed by atoms with Gasteiger partial charge in [-0.05, 0) is 39.7 Å². The van der Waals surface area contributed by atoms with Gasteiger partial charge < -0.3 is 10.0 Å². The number of aliphatic carboxylic acids is 1. The molecular formula is C15H28N2O2. The van der Waals surface area contributed by atoms with E-state index in [1.807, 2.05) is 13.8 Å². The van der Waals surface area contributed by atoms with Gasteiger partial charge in [0, 0.05) is 32.2 Å². The Hall–Kier alpha value is -0.610. The summed E-state index contributed by atoms with van der Waals surface area (Å²) in [5.74, 6) is -0.683. The van der Waals surface area contributed by atoms with Crippen molar-refractivity contribution in [2.75, 3.05) is 32.7 Å². The van der Waals surface area contributed by atoms with Gasteiger partial charge in [-0.2, -0.15) is 0 Å². The van der Waals surface area contributed by atoms with Crippen molar-refractivity contribution < 1.29 is 9.90 Å². The molecule has 0 unspecified atom stereocenters. The molecule has 1 N–H and O–H groups in total.